The summed E-state index contributed by atoms with van der Waals surface area (Å²) in [6.45, 7) is 9.12. The summed E-state index contributed by atoms with van der Waals surface area (Å²) in [6, 6.07) is 10.5. The Morgan fingerprint density at radius 3 is 2.75 bits per heavy atom. The molecule has 1 aliphatic rings. The van der Waals surface area contributed by atoms with Crippen molar-refractivity contribution < 1.29 is 9.18 Å². The number of carbonyl (C=O) groups excluding carboxylic acids is 1. The van der Waals surface area contributed by atoms with Crippen molar-refractivity contribution >= 4 is 46.0 Å². The largest absolute Gasteiger partial charge is 0.363 e. The fraction of sp³-hybridized carbons (Fsp3) is 0.273. The van der Waals surface area contributed by atoms with Crippen molar-refractivity contribution in [2.24, 2.45) is 5.10 Å². The van der Waals surface area contributed by atoms with Gasteiger partial charge in [0, 0.05) is 32.5 Å². The Morgan fingerprint density at radius 2 is 2.07 bits per heavy atom. The number of hydrogen-bond acceptors (Lipinski definition) is 3. The van der Waals surface area contributed by atoms with E-state index in [1.54, 1.807) is 30.3 Å². The zero-order chi connectivity index (χ0) is 20.5. The fourth-order valence-corrected chi connectivity index (χ4v) is 4.19. The lowest BCUT2D eigenvalue weighted by molar-refractivity contribution is 0.0955. The first-order valence-electron chi connectivity index (χ1n) is 9.13. The molecule has 146 valence electrons. The smallest absolute Gasteiger partial charge is 0.271 e. The van der Waals surface area contributed by atoms with Crippen molar-refractivity contribution in [2.75, 3.05) is 11.4 Å². The Balaban J connectivity index is 1.85. The van der Waals surface area contributed by atoms with Crippen LogP contribution in [0.15, 0.2) is 47.6 Å². The molecule has 0 spiro atoms. The van der Waals surface area contributed by atoms with Crippen molar-refractivity contribution in [1.29, 1.82) is 0 Å². The molecule has 6 heteroatoms. The Kier molecular flexibility index (Phi) is 5.88. The van der Waals surface area contributed by atoms with E-state index in [2.05, 4.69) is 64.9 Å². The number of hydrazone groups is 1. The van der Waals surface area contributed by atoms with Crippen LogP contribution in [0.3, 0.4) is 0 Å². The van der Waals surface area contributed by atoms with Crippen LogP contribution in [0.4, 0.5) is 10.1 Å². The predicted molar refractivity (Wildman–Crippen MR) is 121 cm³/mol. The normalized spacial score (nSPS) is 15.4. The van der Waals surface area contributed by atoms with Gasteiger partial charge in [0.15, 0.2) is 0 Å². The fourth-order valence-electron chi connectivity index (χ4n) is 3.65. The van der Waals surface area contributed by atoms with Crippen LogP contribution >= 0.6 is 22.6 Å². The van der Waals surface area contributed by atoms with Crippen LogP contribution in [0, 0.1) is 9.39 Å². The van der Waals surface area contributed by atoms with Crippen molar-refractivity contribution in [3.8, 4) is 0 Å². The monoisotopic (exact) mass is 491 g/mol. The van der Waals surface area contributed by atoms with E-state index in [0.717, 1.165) is 26.9 Å². The van der Waals surface area contributed by atoms with Crippen molar-refractivity contribution in [2.45, 2.75) is 33.2 Å². The van der Waals surface area contributed by atoms with Crippen LogP contribution in [0.5, 0.6) is 0 Å². The maximum Gasteiger partial charge on any atom is 0.271 e. The van der Waals surface area contributed by atoms with Crippen LogP contribution in [0.25, 0.3) is 5.57 Å². The molecule has 0 unspecified atom stereocenters. The second-order valence-corrected chi connectivity index (χ2v) is 8.57. The number of likely N-dealkylation sites (N-methyl/N-ethyl adjacent to an activating group) is 1. The lowest BCUT2D eigenvalue weighted by atomic mass is 9.88. The highest BCUT2D eigenvalue weighted by Crippen LogP contribution is 2.39. The number of amides is 1. The summed E-state index contributed by atoms with van der Waals surface area (Å²) in [5.41, 5.74) is 6.10. The summed E-state index contributed by atoms with van der Waals surface area (Å²) in [6.07, 6.45) is 3.54. The Labute approximate surface area is 178 Å². The molecule has 1 amide bonds. The average Bonchev–Trinajstić information content (AvgIpc) is 2.62. The van der Waals surface area contributed by atoms with E-state index in [0.29, 0.717) is 11.1 Å². The molecule has 0 aromatic heterocycles. The van der Waals surface area contributed by atoms with Gasteiger partial charge in [0.2, 0.25) is 0 Å². The van der Waals surface area contributed by atoms with Gasteiger partial charge in [-0.2, -0.15) is 5.10 Å². The van der Waals surface area contributed by atoms with Gasteiger partial charge in [-0.3, -0.25) is 4.79 Å². The molecule has 0 aliphatic carbocycles. The van der Waals surface area contributed by atoms with Crippen LogP contribution in [0.1, 0.15) is 49.2 Å². The van der Waals surface area contributed by atoms with Gasteiger partial charge in [-0.1, -0.05) is 12.1 Å². The first-order chi connectivity index (χ1) is 13.2. The minimum atomic E-state index is -0.366. The Morgan fingerprint density at radius 1 is 1.32 bits per heavy atom. The molecule has 3 rings (SSSR count). The summed E-state index contributed by atoms with van der Waals surface area (Å²) in [5, 5.41) is 3.95. The molecule has 4 nitrogen and oxygen atoms in total. The van der Waals surface area contributed by atoms with Crippen molar-refractivity contribution in [1.82, 2.24) is 5.43 Å². The van der Waals surface area contributed by atoms with Gasteiger partial charge in [0.25, 0.3) is 5.91 Å². The quantitative estimate of drug-likeness (QED) is 0.363. The average molecular weight is 491 g/mol. The van der Waals surface area contributed by atoms with Crippen molar-refractivity contribution in [3.63, 3.8) is 0 Å². The van der Waals surface area contributed by atoms with Gasteiger partial charge < -0.3 is 4.90 Å². The third-order valence-corrected chi connectivity index (χ3v) is 5.54. The number of carbonyl (C=O) groups is 1. The first kappa shape index (κ1) is 20.5. The van der Waals surface area contributed by atoms with Crippen LogP contribution in [-0.2, 0) is 0 Å². The molecule has 0 saturated carbocycles. The Bertz CT molecular complexity index is 982. The van der Waals surface area contributed by atoms with Crippen LogP contribution in [0.2, 0.25) is 0 Å². The SMILES string of the molecule is CCN1c2cc(F)c(/C=N\NC(=O)c3cccc(I)c3)cc2C(C)=CC1(C)C. The molecule has 2 aromatic carbocycles. The second-order valence-electron chi connectivity index (χ2n) is 7.33. The highest BCUT2D eigenvalue weighted by Gasteiger charge is 2.30. The van der Waals surface area contributed by atoms with E-state index >= 15 is 0 Å². The van der Waals surface area contributed by atoms with Gasteiger partial charge >= 0.3 is 0 Å². The molecule has 0 radical (unpaired) electrons. The third-order valence-electron chi connectivity index (χ3n) is 4.87. The predicted octanol–water partition coefficient (Wildman–Crippen LogP) is 5.22. The minimum absolute atomic E-state index is 0.172. The standard InChI is InChI=1S/C22H23FIN3O/c1-5-27-20-11-19(23)16(10-18(20)14(2)12-22(27,3)4)13-25-26-21(28)15-7-6-8-17(24)9-15/h6-13H,5H2,1-4H3,(H,26,28)/b25-13-. The van der Waals surface area contributed by atoms with Crippen molar-refractivity contribution in [3.05, 3.63) is 68.6 Å². The zero-order valence-electron chi connectivity index (χ0n) is 16.4. The molecule has 0 atom stereocenters. The van der Waals surface area contributed by atoms with E-state index in [4.69, 9.17) is 0 Å². The van der Waals surface area contributed by atoms with E-state index < -0.39 is 0 Å². The summed E-state index contributed by atoms with van der Waals surface area (Å²) in [4.78, 5) is 14.4. The molecule has 0 bridgehead atoms. The van der Waals surface area contributed by atoms with Gasteiger partial charge in [0.1, 0.15) is 5.82 Å². The number of anilines is 1. The highest BCUT2D eigenvalue weighted by molar-refractivity contribution is 14.1. The van der Waals surface area contributed by atoms with Crippen LogP contribution in [-0.4, -0.2) is 24.2 Å². The molecule has 1 heterocycles. The molecule has 1 aliphatic heterocycles. The number of hydrogen-bond donors (Lipinski definition) is 1. The number of halogens is 2. The Hall–Kier alpha value is -2.22. The number of benzene rings is 2. The van der Waals surface area contributed by atoms with Gasteiger partial charge in [0.05, 0.1) is 11.8 Å². The molecule has 0 fully saturated rings. The second kappa shape index (κ2) is 8.03. The molecular weight excluding hydrogens is 468 g/mol. The number of nitrogens with one attached hydrogen (secondary N) is 1. The number of fused-ring (bicyclic) bond motifs is 1. The van der Waals surface area contributed by atoms with Crippen LogP contribution < -0.4 is 10.3 Å². The van der Waals surface area contributed by atoms with E-state index in [1.165, 1.54) is 6.21 Å². The van der Waals surface area contributed by atoms with E-state index in [-0.39, 0.29) is 17.3 Å². The summed E-state index contributed by atoms with van der Waals surface area (Å²) in [7, 11) is 0. The number of rotatable bonds is 4. The van der Waals surface area contributed by atoms with Gasteiger partial charge in [-0.15, -0.1) is 0 Å². The zero-order valence-corrected chi connectivity index (χ0v) is 18.5. The minimum Gasteiger partial charge on any atom is -0.363 e. The summed E-state index contributed by atoms with van der Waals surface area (Å²) < 4.78 is 15.7. The lowest BCUT2D eigenvalue weighted by Gasteiger charge is -2.42. The number of allylic oxidation sites excluding steroid dienone is 1. The molecular formula is C22H23FIN3O. The van der Waals surface area contributed by atoms with E-state index in [1.807, 2.05) is 13.0 Å². The maximum atomic E-state index is 14.7. The first-order valence-corrected chi connectivity index (χ1v) is 10.2. The third kappa shape index (κ3) is 4.11. The lowest BCUT2D eigenvalue weighted by Crippen LogP contribution is -2.45. The summed E-state index contributed by atoms with van der Waals surface area (Å²) in [5.74, 6) is -0.696. The molecule has 28 heavy (non-hydrogen) atoms. The molecule has 0 saturated heterocycles. The topological polar surface area (TPSA) is 44.7 Å². The molecule has 1 N–H and O–H groups in total. The number of nitrogens with zero attached hydrogens (tertiary/aromatic N) is 2. The van der Waals surface area contributed by atoms with Gasteiger partial charge in [-0.25, -0.2) is 9.82 Å². The summed E-state index contributed by atoms with van der Waals surface area (Å²) >= 11 is 2.14. The maximum absolute atomic E-state index is 14.7. The van der Waals surface area contributed by atoms with Gasteiger partial charge in [-0.05, 0) is 86.2 Å². The highest BCUT2D eigenvalue weighted by atomic mass is 127. The van der Waals surface area contributed by atoms with E-state index in [9.17, 15) is 9.18 Å². The molecule has 2 aromatic rings.